The SMILES string of the molecule is Cc1cc(F)c(C)c(OC2CCC2)c1. The van der Waals surface area contributed by atoms with Crippen LogP contribution in [0, 0.1) is 19.7 Å². The van der Waals surface area contributed by atoms with Crippen molar-refractivity contribution in [2.75, 3.05) is 0 Å². The van der Waals surface area contributed by atoms with E-state index in [1.807, 2.05) is 13.0 Å². The minimum absolute atomic E-state index is 0.167. The molecule has 1 aromatic carbocycles. The molecular formula is C12H15FO. The van der Waals surface area contributed by atoms with Crippen LogP contribution in [0.4, 0.5) is 4.39 Å². The fraction of sp³-hybridized carbons (Fsp3) is 0.500. The average molecular weight is 194 g/mol. The largest absolute Gasteiger partial charge is 0.490 e. The maximum atomic E-state index is 13.3. The van der Waals surface area contributed by atoms with Crippen LogP contribution in [0.2, 0.25) is 0 Å². The van der Waals surface area contributed by atoms with Crippen molar-refractivity contribution >= 4 is 0 Å². The number of hydrogen-bond acceptors (Lipinski definition) is 1. The van der Waals surface area contributed by atoms with Gasteiger partial charge in [-0.1, -0.05) is 0 Å². The maximum absolute atomic E-state index is 13.3. The van der Waals surface area contributed by atoms with Crippen LogP contribution in [-0.4, -0.2) is 6.10 Å². The Morgan fingerprint density at radius 2 is 2.00 bits per heavy atom. The molecule has 2 rings (SSSR count). The minimum atomic E-state index is -0.167. The highest BCUT2D eigenvalue weighted by molar-refractivity contribution is 5.37. The highest BCUT2D eigenvalue weighted by atomic mass is 19.1. The second-order valence-corrected chi connectivity index (χ2v) is 4.04. The molecule has 0 amide bonds. The molecule has 76 valence electrons. The maximum Gasteiger partial charge on any atom is 0.130 e. The molecule has 1 aromatic rings. The second kappa shape index (κ2) is 3.60. The number of ether oxygens (including phenoxy) is 1. The van der Waals surface area contributed by atoms with E-state index in [9.17, 15) is 4.39 Å². The second-order valence-electron chi connectivity index (χ2n) is 4.04. The van der Waals surface area contributed by atoms with Crippen molar-refractivity contribution in [2.45, 2.75) is 39.2 Å². The van der Waals surface area contributed by atoms with Gasteiger partial charge in [0.25, 0.3) is 0 Å². The summed E-state index contributed by atoms with van der Waals surface area (Å²) < 4.78 is 19.0. The van der Waals surface area contributed by atoms with E-state index >= 15 is 0 Å². The predicted molar refractivity (Wildman–Crippen MR) is 54.1 cm³/mol. The van der Waals surface area contributed by atoms with Crippen LogP contribution >= 0.6 is 0 Å². The summed E-state index contributed by atoms with van der Waals surface area (Å²) >= 11 is 0. The van der Waals surface area contributed by atoms with Gasteiger partial charge in [-0.15, -0.1) is 0 Å². The summed E-state index contributed by atoms with van der Waals surface area (Å²) in [6.45, 7) is 3.65. The molecule has 0 aromatic heterocycles. The van der Waals surface area contributed by atoms with Crippen LogP contribution in [-0.2, 0) is 0 Å². The lowest BCUT2D eigenvalue weighted by atomic mass is 9.96. The van der Waals surface area contributed by atoms with Gasteiger partial charge in [-0.25, -0.2) is 4.39 Å². The minimum Gasteiger partial charge on any atom is -0.490 e. The van der Waals surface area contributed by atoms with Crippen molar-refractivity contribution in [1.82, 2.24) is 0 Å². The molecule has 0 N–H and O–H groups in total. The molecule has 1 saturated carbocycles. The van der Waals surface area contributed by atoms with E-state index in [-0.39, 0.29) is 5.82 Å². The van der Waals surface area contributed by atoms with Gasteiger partial charge in [0.05, 0.1) is 6.10 Å². The summed E-state index contributed by atoms with van der Waals surface area (Å²) in [5, 5.41) is 0. The molecular weight excluding hydrogens is 179 g/mol. The zero-order valence-corrected chi connectivity index (χ0v) is 8.64. The Labute approximate surface area is 83.9 Å². The lowest BCUT2D eigenvalue weighted by Crippen LogP contribution is -2.25. The van der Waals surface area contributed by atoms with Gasteiger partial charge in [0.15, 0.2) is 0 Å². The lowest BCUT2D eigenvalue weighted by molar-refractivity contribution is 0.119. The van der Waals surface area contributed by atoms with Gasteiger partial charge in [0.1, 0.15) is 11.6 Å². The number of benzene rings is 1. The van der Waals surface area contributed by atoms with Crippen molar-refractivity contribution in [1.29, 1.82) is 0 Å². The Bertz CT molecular complexity index is 342. The molecule has 0 heterocycles. The van der Waals surface area contributed by atoms with Gasteiger partial charge < -0.3 is 4.74 Å². The Morgan fingerprint density at radius 3 is 2.57 bits per heavy atom. The van der Waals surface area contributed by atoms with Gasteiger partial charge in [0, 0.05) is 5.56 Å². The first-order chi connectivity index (χ1) is 6.66. The van der Waals surface area contributed by atoms with Crippen molar-refractivity contribution in [2.24, 2.45) is 0 Å². The Balaban J connectivity index is 2.22. The Hall–Kier alpha value is -1.05. The highest BCUT2D eigenvalue weighted by Crippen LogP contribution is 2.29. The van der Waals surface area contributed by atoms with Crippen LogP contribution in [0.3, 0.4) is 0 Å². The lowest BCUT2D eigenvalue weighted by Gasteiger charge is -2.27. The zero-order chi connectivity index (χ0) is 10.1. The first kappa shape index (κ1) is 9.50. The third-order valence-electron chi connectivity index (χ3n) is 2.79. The third-order valence-corrected chi connectivity index (χ3v) is 2.79. The van der Waals surface area contributed by atoms with Gasteiger partial charge in [-0.3, -0.25) is 0 Å². The fourth-order valence-electron chi connectivity index (χ4n) is 1.57. The summed E-state index contributed by atoms with van der Waals surface area (Å²) in [6.07, 6.45) is 3.76. The predicted octanol–water partition coefficient (Wildman–Crippen LogP) is 3.37. The molecule has 1 nitrogen and oxygen atoms in total. The quantitative estimate of drug-likeness (QED) is 0.701. The monoisotopic (exact) mass is 194 g/mol. The molecule has 0 aliphatic heterocycles. The number of aryl methyl sites for hydroxylation is 1. The Morgan fingerprint density at radius 1 is 1.29 bits per heavy atom. The summed E-state index contributed by atoms with van der Waals surface area (Å²) in [7, 11) is 0. The van der Waals surface area contributed by atoms with Crippen molar-refractivity contribution in [3.8, 4) is 5.75 Å². The van der Waals surface area contributed by atoms with Crippen LogP contribution < -0.4 is 4.74 Å². The molecule has 0 atom stereocenters. The van der Waals surface area contributed by atoms with Gasteiger partial charge in [0.2, 0.25) is 0 Å². The zero-order valence-electron chi connectivity index (χ0n) is 8.64. The molecule has 0 unspecified atom stereocenters. The van der Waals surface area contributed by atoms with Gasteiger partial charge in [-0.05, 0) is 50.8 Å². The molecule has 1 aliphatic rings. The third kappa shape index (κ3) is 1.74. The first-order valence-electron chi connectivity index (χ1n) is 5.10. The van der Waals surface area contributed by atoms with E-state index < -0.39 is 0 Å². The van der Waals surface area contributed by atoms with E-state index in [4.69, 9.17) is 4.74 Å². The molecule has 0 spiro atoms. The van der Waals surface area contributed by atoms with E-state index in [2.05, 4.69) is 0 Å². The van der Waals surface area contributed by atoms with E-state index in [1.54, 1.807) is 13.0 Å². The van der Waals surface area contributed by atoms with E-state index in [0.717, 1.165) is 18.4 Å². The van der Waals surface area contributed by atoms with Crippen molar-refractivity contribution < 1.29 is 9.13 Å². The summed E-state index contributed by atoms with van der Waals surface area (Å²) in [5.74, 6) is 0.548. The molecule has 0 saturated heterocycles. The smallest absolute Gasteiger partial charge is 0.130 e. The first-order valence-corrected chi connectivity index (χ1v) is 5.10. The number of hydrogen-bond donors (Lipinski definition) is 0. The summed E-state index contributed by atoms with van der Waals surface area (Å²) in [6, 6.07) is 3.46. The van der Waals surface area contributed by atoms with Gasteiger partial charge >= 0.3 is 0 Å². The summed E-state index contributed by atoms with van der Waals surface area (Å²) in [5.41, 5.74) is 1.55. The van der Waals surface area contributed by atoms with Crippen molar-refractivity contribution in [3.05, 3.63) is 29.1 Å². The average Bonchev–Trinajstić information content (AvgIpc) is 2.05. The normalized spacial score (nSPS) is 16.5. The van der Waals surface area contributed by atoms with Crippen LogP contribution in [0.25, 0.3) is 0 Å². The topological polar surface area (TPSA) is 9.23 Å². The molecule has 14 heavy (non-hydrogen) atoms. The highest BCUT2D eigenvalue weighted by Gasteiger charge is 2.20. The van der Waals surface area contributed by atoms with Gasteiger partial charge in [-0.2, -0.15) is 0 Å². The Kier molecular flexibility index (Phi) is 2.44. The number of rotatable bonds is 2. The van der Waals surface area contributed by atoms with E-state index in [0.29, 0.717) is 17.4 Å². The standard InChI is InChI=1S/C12H15FO/c1-8-6-11(13)9(2)12(7-8)14-10-4-3-5-10/h6-7,10H,3-5H2,1-2H3. The molecule has 2 heteroatoms. The fourth-order valence-corrected chi connectivity index (χ4v) is 1.57. The van der Waals surface area contributed by atoms with Crippen LogP contribution in [0.15, 0.2) is 12.1 Å². The number of halogens is 1. The summed E-state index contributed by atoms with van der Waals surface area (Å²) in [4.78, 5) is 0. The van der Waals surface area contributed by atoms with Crippen LogP contribution in [0.5, 0.6) is 5.75 Å². The molecule has 1 fully saturated rings. The van der Waals surface area contributed by atoms with Crippen molar-refractivity contribution in [3.63, 3.8) is 0 Å². The molecule has 1 aliphatic carbocycles. The van der Waals surface area contributed by atoms with Crippen LogP contribution in [0.1, 0.15) is 30.4 Å². The van der Waals surface area contributed by atoms with E-state index in [1.165, 1.54) is 6.42 Å². The molecule has 0 bridgehead atoms. The molecule has 0 radical (unpaired) electrons.